The van der Waals surface area contributed by atoms with E-state index in [0.717, 1.165) is 30.2 Å². The van der Waals surface area contributed by atoms with Crippen molar-refractivity contribution in [3.05, 3.63) is 70.8 Å². The Morgan fingerprint density at radius 3 is 1.80 bits per heavy atom. The molecule has 0 spiro atoms. The zero-order chi connectivity index (χ0) is 13.3. The van der Waals surface area contributed by atoms with Gasteiger partial charge in [-0.15, -0.1) is 0 Å². The summed E-state index contributed by atoms with van der Waals surface area (Å²) in [5, 5.41) is 3.44. The van der Waals surface area contributed by atoms with Crippen molar-refractivity contribution in [2.75, 3.05) is 13.6 Å². The first kappa shape index (κ1) is 11.1. The molecule has 20 heavy (non-hydrogen) atoms. The third-order valence-electron chi connectivity index (χ3n) is 5.82. The summed E-state index contributed by atoms with van der Waals surface area (Å²) in [5.41, 5.74) is 6.47. The van der Waals surface area contributed by atoms with E-state index >= 15 is 0 Å². The molecule has 2 aromatic rings. The number of hydrogen-bond donors (Lipinski definition) is 1. The van der Waals surface area contributed by atoms with E-state index in [1.165, 1.54) is 0 Å². The highest BCUT2D eigenvalue weighted by Crippen LogP contribution is 2.74. The van der Waals surface area contributed by atoms with Crippen molar-refractivity contribution in [3.8, 4) is 0 Å². The lowest BCUT2D eigenvalue weighted by Crippen LogP contribution is -2.32. The SMILES string of the molecule is CNCC1C2c3ccccc3C3C(c4ccccc42)C13. The zero-order valence-corrected chi connectivity index (χ0v) is 11.7. The predicted octanol–water partition coefficient (Wildman–Crippen LogP) is 3.48. The molecule has 3 aliphatic rings. The van der Waals surface area contributed by atoms with Crippen LogP contribution in [0.5, 0.6) is 0 Å². The molecule has 0 saturated heterocycles. The quantitative estimate of drug-likeness (QED) is 0.872. The van der Waals surface area contributed by atoms with E-state index in [2.05, 4.69) is 60.9 Å². The fraction of sp³-hybridized carbons (Fsp3) is 0.368. The molecular formula is C19H19N. The summed E-state index contributed by atoms with van der Waals surface area (Å²) in [6, 6.07) is 18.4. The molecule has 3 aliphatic carbocycles. The highest BCUT2D eigenvalue weighted by molar-refractivity contribution is 5.59. The Morgan fingerprint density at radius 2 is 1.30 bits per heavy atom. The monoisotopic (exact) mass is 261 g/mol. The summed E-state index contributed by atoms with van der Waals surface area (Å²) in [5.74, 6) is 3.82. The molecule has 0 heterocycles. The molecule has 1 fully saturated rings. The van der Waals surface area contributed by atoms with Crippen molar-refractivity contribution in [1.82, 2.24) is 5.32 Å². The van der Waals surface area contributed by atoms with Crippen LogP contribution in [0.4, 0.5) is 0 Å². The molecule has 100 valence electrons. The van der Waals surface area contributed by atoms with Gasteiger partial charge in [0.1, 0.15) is 0 Å². The summed E-state index contributed by atoms with van der Waals surface area (Å²) in [7, 11) is 2.09. The van der Waals surface area contributed by atoms with Crippen LogP contribution in [-0.4, -0.2) is 13.6 Å². The number of hydrogen-bond acceptors (Lipinski definition) is 1. The standard InChI is InChI=1S/C19H19N/c1-20-10-15-16-11-6-2-4-8-13(11)17-18(19(15)17)14-9-5-3-7-12(14)16/h2-9,15-20H,10H2,1H3. The van der Waals surface area contributed by atoms with Gasteiger partial charge in [-0.1, -0.05) is 48.5 Å². The van der Waals surface area contributed by atoms with Crippen molar-refractivity contribution in [1.29, 1.82) is 0 Å². The van der Waals surface area contributed by atoms with Gasteiger partial charge in [0.15, 0.2) is 0 Å². The fourth-order valence-corrected chi connectivity index (χ4v) is 5.20. The van der Waals surface area contributed by atoms with Crippen LogP contribution >= 0.6 is 0 Å². The summed E-state index contributed by atoms with van der Waals surface area (Å²) < 4.78 is 0. The maximum absolute atomic E-state index is 3.44. The average molecular weight is 261 g/mol. The largest absolute Gasteiger partial charge is 0.319 e. The van der Waals surface area contributed by atoms with E-state index in [1.54, 1.807) is 22.3 Å². The van der Waals surface area contributed by atoms with Gasteiger partial charge in [0, 0.05) is 5.92 Å². The van der Waals surface area contributed by atoms with Gasteiger partial charge in [-0.2, -0.15) is 0 Å². The summed E-state index contributed by atoms with van der Waals surface area (Å²) in [6.45, 7) is 1.14. The molecule has 1 N–H and O–H groups in total. The summed E-state index contributed by atoms with van der Waals surface area (Å²) in [4.78, 5) is 0. The lowest BCUT2D eigenvalue weighted by Gasteiger charge is -2.36. The molecule has 1 saturated carbocycles. The van der Waals surface area contributed by atoms with Gasteiger partial charge in [0.05, 0.1) is 0 Å². The first-order valence-electron chi connectivity index (χ1n) is 7.74. The van der Waals surface area contributed by atoms with Gasteiger partial charge >= 0.3 is 0 Å². The Kier molecular flexibility index (Phi) is 2.07. The molecule has 3 unspecified atom stereocenters. The van der Waals surface area contributed by atoms with E-state index in [9.17, 15) is 0 Å². The van der Waals surface area contributed by atoms with Crippen molar-refractivity contribution in [2.45, 2.75) is 17.8 Å². The van der Waals surface area contributed by atoms with Gasteiger partial charge in [-0.25, -0.2) is 0 Å². The highest BCUT2D eigenvalue weighted by atomic mass is 14.8. The molecule has 0 radical (unpaired) electrons. The third-order valence-corrected chi connectivity index (χ3v) is 5.82. The maximum atomic E-state index is 3.44. The molecule has 2 bridgehead atoms. The normalized spacial score (nSPS) is 35.1. The Bertz CT molecular complexity index is 636. The molecular weight excluding hydrogens is 242 g/mol. The molecule has 0 aromatic heterocycles. The van der Waals surface area contributed by atoms with Crippen molar-refractivity contribution >= 4 is 0 Å². The summed E-state index contributed by atoms with van der Waals surface area (Å²) >= 11 is 0. The number of fused-ring (bicyclic) bond motifs is 8. The second-order valence-electron chi connectivity index (χ2n) is 6.59. The minimum absolute atomic E-state index is 0.606. The lowest BCUT2D eigenvalue weighted by atomic mass is 9.69. The van der Waals surface area contributed by atoms with Crippen molar-refractivity contribution in [3.63, 3.8) is 0 Å². The Balaban J connectivity index is 1.79. The lowest BCUT2D eigenvalue weighted by molar-refractivity contribution is 0.357. The van der Waals surface area contributed by atoms with Crippen molar-refractivity contribution < 1.29 is 0 Å². The maximum Gasteiger partial charge on any atom is 0.0138 e. The van der Waals surface area contributed by atoms with Crippen molar-refractivity contribution in [2.24, 2.45) is 11.8 Å². The van der Waals surface area contributed by atoms with E-state index in [1.807, 2.05) is 0 Å². The van der Waals surface area contributed by atoms with E-state index in [-0.39, 0.29) is 0 Å². The topological polar surface area (TPSA) is 12.0 Å². The van der Waals surface area contributed by atoms with Gasteiger partial charge in [-0.3, -0.25) is 0 Å². The number of nitrogens with one attached hydrogen (secondary N) is 1. The number of benzene rings is 2. The molecule has 3 atom stereocenters. The first-order chi connectivity index (χ1) is 9.92. The average Bonchev–Trinajstić information content (AvgIpc) is 3.25. The van der Waals surface area contributed by atoms with E-state index < -0.39 is 0 Å². The van der Waals surface area contributed by atoms with Crippen LogP contribution in [0.3, 0.4) is 0 Å². The van der Waals surface area contributed by atoms with Crippen LogP contribution in [0, 0.1) is 11.8 Å². The number of rotatable bonds is 2. The second-order valence-corrected chi connectivity index (χ2v) is 6.59. The van der Waals surface area contributed by atoms with Crippen LogP contribution in [0.2, 0.25) is 0 Å². The molecule has 5 rings (SSSR count). The van der Waals surface area contributed by atoms with E-state index in [4.69, 9.17) is 0 Å². The smallest absolute Gasteiger partial charge is 0.0138 e. The highest BCUT2D eigenvalue weighted by Gasteiger charge is 2.64. The molecule has 0 aliphatic heterocycles. The Hall–Kier alpha value is -1.60. The predicted molar refractivity (Wildman–Crippen MR) is 81.1 cm³/mol. The van der Waals surface area contributed by atoms with Crippen LogP contribution in [0.1, 0.15) is 40.0 Å². The van der Waals surface area contributed by atoms with Crippen LogP contribution in [0.25, 0.3) is 0 Å². The Labute approximate surface area is 120 Å². The van der Waals surface area contributed by atoms with Crippen LogP contribution in [-0.2, 0) is 0 Å². The summed E-state index contributed by atoms with van der Waals surface area (Å²) in [6.07, 6.45) is 0. The van der Waals surface area contributed by atoms with Crippen LogP contribution < -0.4 is 5.32 Å². The van der Waals surface area contributed by atoms with Gasteiger partial charge < -0.3 is 5.32 Å². The minimum Gasteiger partial charge on any atom is -0.319 e. The van der Waals surface area contributed by atoms with Gasteiger partial charge in [-0.05, 0) is 59.5 Å². The van der Waals surface area contributed by atoms with Crippen LogP contribution in [0.15, 0.2) is 48.5 Å². The van der Waals surface area contributed by atoms with E-state index in [0.29, 0.717) is 5.92 Å². The fourth-order valence-electron chi connectivity index (χ4n) is 5.20. The molecule has 1 heteroatoms. The molecule has 0 amide bonds. The zero-order valence-electron chi connectivity index (χ0n) is 11.7. The third kappa shape index (κ3) is 1.18. The minimum atomic E-state index is 0.606. The van der Waals surface area contributed by atoms with Gasteiger partial charge in [0.25, 0.3) is 0 Å². The first-order valence-corrected chi connectivity index (χ1v) is 7.74. The second kappa shape index (κ2) is 3.73. The molecule has 1 nitrogen and oxygen atoms in total. The van der Waals surface area contributed by atoms with Gasteiger partial charge in [0.2, 0.25) is 0 Å². The Morgan fingerprint density at radius 1 is 0.800 bits per heavy atom. The molecule has 2 aromatic carbocycles.